The van der Waals surface area contributed by atoms with Crippen LogP contribution in [-0.2, 0) is 19.2 Å². The van der Waals surface area contributed by atoms with Gasteiger partial charge in [-0.1, -0.05) is 0 Å². The summed E-state index contributed by atoms with van der Waals surface area (Å²) in [6.07, 6.45) is -46.7. The molecule has 0 atom stereocenters. The first-order valence-electron chi connectivity index (χ1n) is 10.6. The molecule has 0 saturated carbocycles. The molecular formula is C20H8F24O8Th. The Labute approximate surface area is 304 Å². The molecule has 0 aliphatic rings. The van der Waals surface area contributed by atoms with Crippen molar-refractivity contribution in [2.24, 2.45) is 0 Å². The molecule has 0 aromatic heterocycles. The van der Waals surface area contributed by atoms with Crippen LogP contribution in [0.25, 0.3) is 0 Å². The molecule has 0 unspecified atom stereocenters. The summed E-state index contributed by atoms with van der Waals surface area (Å²) in [6.45, 7) is 0. The number of carbonyl (C=O) groups excluding carboxylic acids is 4. The number of rotatable bonds is 4. The number of hydrogen-bond donors (Lipinski definition) is 4. The second-order valence-electron chi connectivity index (χ2n) is 7.56. The van der Waals surface area contributed by atoms with Gasteiger partial charge in [-0.25, -0.2) is 0 Å². The Balaban J connectivity index is -0.000000192. The standard InChI is InChI=1S/4C5H2F6O2.Th/c4*6-4(7,8)2(12)1-3(13)5(9,10)11;/h4*1,12H;/b4*2-1-;. The van der Waals surface area contributed by atoms with E-state index in [9.17, 15) is 125 Å². The van der Waals surface area contributed by atoms with Gasteiger partial charge in [0, 0.05) is 64.2 Å². The number of aliphatic hydroxyl groups excluding tert-OH is 4. The zero-order valence-corrected chi connectivity index (χ0v) is 27.4. The van der Waals surface area contributed by atoms with Crippen molar-refractivity contribution in [2.75, 3.05) is 0 Å². The molecule has 0 saturated heterocycles. The quantitative estimate of drug-likeness (QED) is 0.125. The maximum absolute atomic E-state index is 11.4. The fourth-order valence-corrected chi connectivity index (χ4v) is 1.15. The Morgan fingerprint density at radius 2 is 0.358 bits per heavy atom. The molecule has 0 heterocycles. The van der Waals surface area contributed by atoms with E-state index in [4.69, 9.17) is 20.4 Å². The number of hydrogen-bond acceptors (Lipinski definition) is 8. The zero-order valence-electron chi connectivity index (χ0n) is 23.3. The Morgan fingerprint density at radius 3 is 0.415 bits per heavy atom. The van der Waals surface area contributed by atoms with E-state index in [0.29, 0.717) is 0 Å². The normalized spacial score (nSPS) is 14.2. The van der Waals surface area contributed by atoms with Crippen LogP contribution in [0.15, 0.2) is 47.3 Å². The van der Waals surface area contributed by atoms with Crippen LogP contribution >= 0.6 is 0 Å². The van der Waals surface area contributed by atoms with Gasteiger partial charge < -0.3 is 20.4 Å². The summed E-state index contributed by atoms with van der Waals surface area (Å²) in [5, 5.41) is 31.7. The summed E-state index contributed by atoms with van der Waals surface area (Å²) in [6, 6.07) is 0. The van der Waals surface area contributed by atoms with Crippen LogP contribution in [0.5, 0.6) is 0 Å². The van der Waals surface area contributed by atoms with Gasteiger partial charge in [0.15, 0.2) is 0 Å². The van der Waals surface area contributed by atoms with Crippen molar-refractivity contribution in [3.8, 4) is 0 Å². The van der Waals surface area contributed by atoms with Crippen LogP contribution < -0.4 is 0 Å². The largest absolute Gasteiger partial charge is 0.504 e. The maximum atomic E-state index is 11.4. The number of alkyl halides is 24. The molecular weight excluding hydrogens is 1060 g/mol. The fraction of sp³-hybridized carbons (Fsp3) is 0.400. The summed E-state index contributed by atoms with van der Waals surface area (Å²) in [7, 11) is 0. The number of ketones is 4. The minimum absolute atomic E-state index is 0. The zero-order chi connectivity index (χ0) is 43.4. The predicted molar refractivity (Wildman–Crippen MR) is 111 cm³/mol. The van der Waals surface area contributed by atoms with Crippen molar-refractivity contribution < 1.29 is 185 Å². The molecule has 0 amide bonds. The first-order chi connectivity index (χ1) is 22.2. The minimum Gasteiger partial charge on any atom is -0.504 e. The van der Waals surface area contributed by atoms with Crippen molar-refractivity contribution in [1.29, 1.82) is 0 Å². The summed E-state index contributed by atoms with van der Waals surface area (Å²) < 4.78 is 272. The SMILES string of the molecule is O=C(/C=C(\O)C(F)(F)F)C(F)(F)F.O=C(/C=C(\O)C(F)(F)F)C(F)(F)F.O=C(/C=C(\O)C(F)(F)F)C(F)(F)F.O=C(/C=C(\O)C(F)(F)F)C(F)(F)F.[Th]. The predicted octanol–water partition coefficient (Wildman–Crippen LogP) is 8.49. The fourth-order valence-electron chi connectivity index (χ4n) is 1.15. The smallest absolute Gasteiger partial charge is 0.454 e. The molecule has 0 radical (unpaired) electrons. The monoisotopic (exact) mass is 1060 g/mol. The Morgan fingerprint density at radius 1 is 0.264 bits per heavy atom. The molecule has 0 aliphatic heterocycles. The summed E-state index contributed by atoms with van der Waals surface area (Å²) in [4.78, 5) is 39.4. The van der Waals surface area contributed by atoms with Crippen LogP contribution in [0.3, 0.4) is 0 Å². The second kappa shape index (κ2) is 20.8. The van der Waals surface area contributed by atoms with Crippen molar-refractivity contribution >= 4 is 23.1 Å². The molecule has 0 aliphatic carbocycles. The van der Waals surface area contributed by atoms with E-state index in [2.05, 4.69) is 0 Å². The van der Waals surface area contributed by atoms with E-state index in [1.807, 2.05) is 0 Å². The third-order valence-corrected chi connectivity index (χ3v) is 3.35. The van der Waals surface area contributed by atoms with Gasteiger partial charge in [0.25, 0.3) is 23.1 Å². The van der Waals surface area contributed by atoms with Gasteiger partial charge in [0.1, 0.15) is 0 Å². The average molecular weight is 1060 g/mol. The number of halogens is 24. The molecule has 0 rings (SSSR count). The Bertz CT molecular complexity index is 1150. The van der Waals surface area contributed by atoms with E-state index in [0.717, 1.165) is 0 Å². The maximum Gasteiger partial charge on any atom is 0.454 e. The first-order valence-corrected chi connectivity index (χ1v) is 10.6. The van der Waals surface area contributed by atoms with E-state index in [1.165, 1.54) is 0 Å². The summed E-state index contributed by atoms with van der Waals surface area (Å²) >= 11 is 0. The minimum atomic E-state index is -5.42. The van der Waals surface area contributed by atoms with Crippen molar-refractivity contribution in [1.82, 2.24) is 0 Å². The van der Waals surface area contributed by atoms with Crippen molar-refractivity contribution in [3.63, 3.8) is 0 Å². The number of aliphatic hydroxyl groups is 4. The van der Waals surface area contributed by atoms with Crippen LogP contribution in [0.4, 0.5) is 105 Å². The molecule has 0 aromatic rings. The summed E-state index contributed by atoms with van der Waals surface area (Å²) in [5.41, 5.74) is 0. The molecule has 33 heteroatoms. The van der Waals surface area contributed by atoms with E-state index >= 15 is 0 Å². The molecule has 0 bridgehead atoms. The van der Waals surface area contributed by atoms with Crippen molar-refractivity contribution in [3.05, 3.63) is 47.3 Å². The average Bonchev–Trinajstić information content (AvgIpc) is 2.85. The molecule has 4 N–H and O–H groups in total. The van der Waals surface area contributed by atoms with Gasteiger partial charge >= 0.3 is 49.4 Å². The van der Waals surface area contributed by atoms with Crippen molar-refractivity contribution in [2.45, 2.75) is 49.4 Å². The van der Waals surface area contributed by atoms with E-state index in [1.54, 1.807) is 0 Å². The van der Waals surface area contributed by atoms with E-state index < -0.39 is 120 Å². The number of carbonyl (C=O) groups is 4. The molecule has 8 nitrogen and oxygen atoms in total. The third kappa shape index (κ3) is 28.6. The van der Waals surface area contributed by atoms with Gasteiger partial charge in [0.05, 0.1) is 0 Å². The van der Waals surface area contributed by atoms with Crippen LogP contribution in [0.2, 0.25) is 0 Å². The molecule has 308 valence electrons. The second-order valence-corrected chi connectivity index (χ2v) is 7.56. The van der Waals surface area contributed by atoms with Gasteiger partial charge in [-0.2, -0.15) is 105 Å². The van der Waals surface area contributed by atoms with Crippen LogP contribution in [-0.4, -0.2) is 93.0 Å². The Kier molecular flexibility index (Phi) is 23.1. The Hall–Kier alpha value is -3.52. The summed E-state index contributed by atoms with van der Waals surface area (Å²) in [5.74, 6) is -21.3. The van der Waals surface area contributed by atoms with Crippen LogP contribution in [0.1, 0.15) is 0 Å². The van der Waals surface area contributed by atoms with E-state index in [-0.39, 0.29) is 39.9 Å². The van der Waals surface area contributed by atoms with Gasteiger partial charge in [-0.15, -0.1) is 0 Å². The van der Waals surface area contributed by atoms with Gasteiger partial charge in [-0.3, -0.25) is 19.2 Å². The molecule has 53 heavy (non-hydrogen) atoms. The van der Waals surface area contributed by atoms with Crippen LogP contribution in [0, 0.1) is 39.9 Å². The molecule has 0 spiro atoms. The third-order valence-electron chi connectivity index (χ3n) is 3.35. The first kappa shape index (κ1) is 58.8. The number of allylic oxidation sites excluding steroid dienone is 8. The van der Waals surface area contributed by atoms with Gasteiger partial charge in [-0.05, 0) is 0 Å². The van der Waals surface area contributed by atoms with Gasteiger partial charge in [0.2, 0.25) is 23.0 Å². The topological polar surface area (TPSA) is 149 Å². The molecule has 0 fully saturated rings. The molecule has 0 aromatic carbocycles.